The number of hydrogen-bond donors (Lipinski definition) is 0. The fourth-order valence-electron chi connectivity index (χ4n) is 1.56. The molecule has 0 bridgehead atoms. The van der Waals surface area contributed by atoms with E-state index < -0.39 is 9.37 Å². The lowest BCUT2D eigenvalue weighted by Gasteiger charge is -2.13. The largest absolute Gasteiger partial charge is 0.457 e. The highest BCUT2D eigenvalue weighted by atomic mass is 79.9. The maximum atomic E-state index is 11.4. The molecular formula is C13H24BrNO4. The summed E-state index contributed by atoms with van der Waals surface area (Å²) in [6, 6.07) is 0. The highest BCUT2D eigenvalue weighted by Gasteiger charge is 2.35. The number of nitrogens with zero attached hydrogens (tertiary/aromatic N) is 1. The van der Waals surface area contributed by atoms with E-state index in [-0.39, 0.29) is 12.6 Å². The first-order valence-corrected chi connectivity index (χ1v) is 7.68. The molecule has 0 N–H and O–H groups in total. The van der Waals surface area contributed by atoms with Gasteiger partial charge in [0.2, 0.25) is 0 Å². The lowest BCUT2D eigenvalue weighted by Crippen LogP contribution is -2.33. The summed E-state index contributed by atoms with van der Waals surface area (Å²) in [5.74, 6) is -0.360. The first kappa shape index (κ1) is 18.4. The number of halogens is 1. The molecule has 0 radical (unpaired) electrons. The van der Waals surface area contributed by atoms with E-state index in [2.05, 4.69) is 22.9 Å². The van der Waals surface area contributed by atoms with Gasteiger partial charge >= 0.3 is 10.4 Å². The number of ether oxygens (including phenoxy) is 1. The fraction of sp³-hybridized carbons (Fsp3) is 0.923. The van der Waals surface area contributed by atoms with Crippen LogP contribution in [0.3, 0.4) is 0 Å². The zero-order chi connectivity index (χ0) is 14.7. The van der Waals surface area contributed by atoms with Gasteiger partial charge in [-0.1, -0.05) is 45.4 Å². The minimum absolute atomic E-state index is 0.241. The van der Waals surface area contributed by atoms with Crippen LogP contribution in [0.1, 0.15) is 65.2 Å². The Labute approximate surface area is 123 Å². The highest BCUT2D eigenvalue weighted by molar-refractivity contribution is 9.10. The molecule has 0 aromatic heterocycles. The quantitative estimate of drug-likeness (QED) is 0.142. The number of unbranched alkanes of at least 4 members (excludes halogenated alkanes) is 6. The van der Waals surface area contributed by atoms with Gasteiger partial charge < -0.3 is 4.74 Å². The number of alkyl halides is 1. The summed E-state index contributed by atoms with van der Waals surface area (Å²) in [7, 11) is 0. The second kappa shape index (κ2) is 10.2. The van der Waals surface area contributed by atoms with Crippen molar-refractivity contribution >= 4 is 21.9 Å². The molecule has 0 aliphatic carbocycles. The second-order valence-corrected chi connectivity index (χ2v) is 6.64. The molecule has 6 heteroatoms. The molecule has 0 aromatic rings. The Bertz CT molecular complexity index is 282. The van der Waals surface area contributed by atoms with Crippen LogP contribution in [-0.4, -0.2) is 21.9 Å². The average molecular weight is 338 g/mol. The molecule has 0 fully saturated rings. The number of carbonyl (C=O) groups is 1. The zero-order valence-corrected chi connectivity index (χ0v) is 13.4. The predicted molar refractivity (Wildman–Crippen MR) is 77.9 cm³/mol. The van der Waals surface area contributed by atoms with Gasteiger partial charge in [-0.05, 0) is 6.42 Å². The summed E-state index contributed by atoms with van der Waals surface area (Å²) in [4.78, 5) is 21.5. The van der Waals surface area contributed by atoms with E-state index >= 15 is 0 Å². The Kier molecular flexibility index (Phi) is 9.83. The van der Waals surface area contributed by atoms with Crippen molar-refractivity contribution in [2.45, 2.75) is 69.7 Å². The van der Waals surface area contributed by atoms with Crippen LogP contribution < -0.4 is 0 Å². The molecule has 0 aromatic carbocycles. The molecule has 5 nitrogen and oxygen atoms in total. The van der Waals surface area contributed by atoms with Gasteiger partial charge in [-0.2, -0.15) is 0 Å². The zero-order valence-electron chi connectivity index (χ0n) is 11.8. The summed E-state index contributed by atoms with van der Waals surface area (Å²) in [6.45, 7) is 3.31. The van der Waals surface area contributed by atoms with Crippen molar-refractivity contribution in [1.29, 1.82) is 0 Å². The van der Waals surface area contributed by atoms with Gasteiger partial charge in [-0.25, -0.2) is 0 Å². The van der Waals surface area contributed by atoms with Crippen molar-refractivity contribution in [3.8, 4) is 0 Å². The normalized spacial score (nSPS) is 13.8. The molecule has 0 rings (SSSR count). The van der Waals surface area contributed by atoms with Crippen LogP contribution in [0.4, 0.5) is 0 Å². The van der Waals surface area contributed by atoms with Crippen LogP contribution in [-0.2, 0) is 9.53 Å². The summed E-state index contributed by atoms with van der Waals surface area (Å²) >= 11 is 2.92. The topological polar surface area (TPSA) is 69.4 Å². The summed E-state index contributed by atoms with van der Waals surface area (Å²) in [6.07, 6.45) is 8.26. The number of rotatable bonds is 11. The number of carbonyl (C=O) groups excluding carboxylic acids is 1. The van der Waals surface area contributed by atoms with Crippen molar-refractivity contribution in [3.05, 3.63) is 10.1 Å². The minimum Gasteiger partial charge on any atom is -0.457 e. The maximum Gasteiger partial charge on any atom is 0.306 e. The highest BCUT2D eigenvalue weighted by Crippen LogP contribution is 2.18. The molecule has 0 saturated carbocycles. The molecule has 0 unspecified atom stereocenters. The van der Waals surface area contributed by atoms with Gasteiger partial charge in [0.05, 0.1) is 0 Å². The molecule has 19 heavy (non-hydrogen) atoms. The van der Waals surface area contributed by atoms with E-state index in [1.54, 1.807) is 0 Å². The number of esters is 1. The first-order chi connectivity index (χ1) is 8.90. The van der Waals surface area contributed by atoms with Crippen molar-refractivity contribution in [1.82, 2.24) is 0 Å². The molecule has 0 amide bonds. The van der Waals surface area contributed by atoms with E-state index in [1.165, 1.54) is 32.6 Å². The molecule has 0 spiro atoms. The lowest BCUT2D eigenvalue weighted by atomic mass is 10.1. The monoisotopic (exact) mass is 337 g/mol. The van der Waals surface area contributed by atoms with Crippen LogP contribution in [0.25, 0.3) is 0 Å². The average Bonchev–Trinajstić information content (AvgIpc) is 2.35. The Morgan fingerprint density at radius 3 is 2.26 bits per heavy atom. The first-order valence-electron chi connectivity index (χ1n) is 6.89. The van der Waals surface area contributed by atoms with Crippen LogP contribution in [0, 0.1) is 10.1 Å². The van der Waals surface area contributed by atoms with Crippen LogP contribution in [0.5, 0.6) is 0 Å². The predicted octanol–water partition coefficient (Wildman–Crippen LogP) is 4.06. The van der Waals surface area contributed by atoms with Gasteiger partial charge in [-0.3, -0.25) is 14.9 Å². The summed E-state index contributed by atoms with van der Waals surface area (Å²) in [5.41, 5.74) is 0. The van der Waals surface area contributed by atoms with Gasteiger partial charge in [0.25, 0.3) is 0 Å². The van der Waals surface area contributed by atoms with Crippen LogP contribution in [0.2, 0.25) is 0 Å². The molecule has 0 saturated heterocycles. The van der Waals surface area contributed by atoms with E-state index in [0.29, 0.717) is 6.42 Å². The van der Waals surface area contributed by atoms with E-state index in [0.717, 1.165) is 19.3 Å². The molecular weight excluding hydrogens is 314 g/mol. The Balaban J connectivity index is 3.53. The maximum absolute atomic E-state index is 11.4. The summed E-state index contributed by atoms with van der Waals surface area (Å²) in [5, 5.41) is 10.6. The van der Waals surface area contributed by atoms with Crippen molar-refractivity contribution in [2.24, 2.45) is 0 Å². The minimum atomic E-state index is -1.39. The van der Waals surface area contributed by atoms with Crippen LogP contribution >= 0.6 is 15.9 Å². The third-order valence-electron chi connectivity index (χ3n) is 2.86. The van der Waals surface area contributed by atoms with Crippen molar-refractivity contribution < 1.29 is 14.5 Å². The van der Waals surface area contributed by atoms with Gasteiger partial charge in [0, 0.05) is 34.2 Å². The van der Waals surface area contributed by atoms with E-state index in [4.69, 9.17) is 4.74 Å². The Morgan fingerprint density at radius 2 is 1.74 bits per heavy atom. The number of hydrogen-bond acceptors (Lipinski definition) is 4. The third kappa shape index (κ3) is 9.87. The SMILES string of the molecule is CCCCCCCCCC(=O)OC[C@](C)(Br)[N+](=O)[O-]. The van der Waals surface area contributed by atoms with Crippen LogP contribution in [0.15, 0.2) is 0 Å². The van der Waals surface area contributed by atoms with E-state index in [9.17, 15) is 14.9 Å². The van der Waals surface area contributed by atoms with Gasteiger partial charge in [0.15, 0.2) is 6.61 Å². The summed E-state index contributed by atoms with van der Waals surface area (Å²) < 4.78 is 3.50. The molecule has 0 aliphatic rings. The van der Waals surface area contributed by atoms with Crippen molar-refractivity contribution in [3.63, 3.8) is 0 Å². The standard InChI is InChI=1S/C13H24BrNO4/c1-3-4-5-6-7-8-9-10-12(16)19-11-13(2,14)15(17)18/h3-11H2,1-2H3/t13-/m1/s1. The Hall–Kier alpha value is -0.650. The second-order valence-electron chi connectivity index (χ2n) is 4.93. The fourth-order valence-corrected chi connectivity index (χ4v) is 1.68. The van der Waals surface area contributed by atoms with Gasteiger partial charge in [-0.15, -0.1) is 0 Å². The molecule has 0 aliphatic heterocycles. The lowest BCUT2D eigenvalue weighted by molar-refractivity contribution is -0.533. The molecule has 1 atom stereocenters. The van der Waals surface area contributed by atoms with Crippen molar-refractivity contribution in [2.75, 3.05) is 6.61 Å². The molecule has 0 heterocycles. The van der Waals surface area contributed by atoms with E-state index in [1.807, 2.05) is 0 Å². The smallest absolute Gasteiger partial charge is 0.306 e. The number of nitro groups is 1. The molecule has 112 valence electrons. The Morgan fingerprint density at radius 1 is 1.21 bits per heavy atom. The third-order valence-corrected chi connectivity index (χ3v) is 3.38. The van der Waals surface area contributed by atoms with Gasteiger partial charge in [0.1, 0.15) is 0 Å².